The number of hydrogen-bond acceptors (Lipinski definition) is 3. The van der Waals surface area contributed by atoms with Gasteiger partial charge in [0.05, 0.1) is 17.0 Å². The minimum atomic E-state index is -0.624. The number of aryl methyl sites for hydroxylation is 1. The molecule has 5 nitrogen and oxygen atoms in total. The fraction of sp³-hybridized carbons (Fsp3) is 0.308. The Morgan fingerprint density at radius 1 is 1.35 bits per heavy atom. The predicted molar refractivity (Wildman–Crippen MR) is 71.8 cm³/mol. The quantitative estimate of drug-likeness (QED) is 0.925. The Labute approximate surface area is 119 Å². The van der Waals surface area contributed by atoms with Crippen molar-refractivity contribution in [1.29, 1.82) is 0 Å². The van der Waals surface area contributed by atoms with E-state index in [-0.39, 0.29) is 5.56 Å². The van der Waals surface area contributed by atoms with E-state index in [4.69, 9.17) is 11.6 Å². The van der Waals surface area contributed by atoms with E-state index in [0.29, 0.717) is 5.02 Å². The first-order valence-electron chi connectivity index (χ1n) is 6.35. The van der Waals surface area contributed by atoms with Crippen LogP contribution in [0.2, 0.25) is 5.02 Å². The molecule has 0 saturated heterocycles. The van der Waals surface area contributed by atoms with Gasteiger partial charge in [-0.25, -0.2) is 9.82 Å². The molecule has 0 spiro atoms. The van der Waals surface area contributed by atoms with Gasteiger partial charge in [0.25, 0.3) is 5.91 Å². The van der Waals surface area contributed by atoms with Crippen molar-refractivity contribution < 1.29 is 9.18 Å². The molecule has 20 heavy (non-hydrogen) atoms. The summed E-state index contributed by atoms with van der Waals surface area (Å²) in [4.78, 5) is 13.4. The average Bonchev–Trinajstić information content (AvgIpc) is 2.85. The van der Waals surface area contributed by atoms with Crippen molar-refractivity contribution in [3.8, 4) is 0 Å². The monoisotopic (exact) mass is 294 g/mol. The molecule has 1 heterocycles. The molecule has 0 radical (unpaired) electrons. The number of benzene rings is 1. The molecule has 0 saturated carbocycles. The van der Waals surface area contributed by atoms with Gasteiger partial charge in [-0.15, -0.1) is 5.10 Å². The van der Waals surface area contributed by atoms with Crippen LogP contribution in [-0.4, -0.2) is 21.0 Å². The molecule has 0 fully saturated rings. The number of carbonyl (C=O) groups excluding carboxylic acids is 1. The highest BCUT2D eigenvalue weighted by Crippen LogP contribution is 2.19. The topological polar surface area (TPSA) is 59.8 Å². The van der Waals surface area contributed by atoms with Gasteiger partial charge in [-0.1, -0.05) is 11.6 Å². The Kier molecular flexibility index (Phi) is 3.40. The lowest BCUT2D eigenvalue weighted by atomic mass is 10.0. The van der Waals surface area contributed by atoms with E-state index in [9.17, 15) is 9.18 Å². The first-order chi connectivity index (χ1) is 9.65. The molecule has 0 atom stereocenters. The smallest absolute Gasteiger partial charge is 0.267 e. The van der Waals surface area contributed by atoms with Crippen molar-refractivity contribution in [3.63, 3.8) is 0 Å². The molecular weight excluding hydrogens is 283 g/mol. The number of fused-ring (bicyclic) bond motifs is 1. The lowest BCUT2D eigenvalue weighted by molar-refractivity contribution is 0.1000. The minimum absolute atomic E-state index is 0.113. The van der Waals surface area contributed by atoms with Gasteiger partial charge in [0.2, 0.25) is 0 Å². The van der Waals surface area contributed by atoms with E-state index < -0.39 is 11.7 Å². The fourth-order valence-corrected chi connectivity index (χ4v) is 2.45. The van der Waals surface area contributed by atoms with Crippen molar-refractivity contribution in [3.05, 3.63) is 46.0 Å². The Morgan fingerprint density at radius 3 is 3.00 bits per heavy atom. The Bertz CT molecular complexity index is 670. The second-order valence-electron chi connectivity index (χ2n) is 4.67. The first-order valence-corrected chi connectivity index (χ1v) is 6.73. The van der Waals surface area contributed by atoms with Gasteiger partial charge in [0, 0.05) is 5.02 Å². The summed E-state index contributed by atoms with van der Waals surface area (Å²) in [5.74, 6) is -1.22. The fourth-order valence-electron chi connectivity index (χ4n) is 2.28. The van der Waals surface area contributed by atoms with Crippen molar-refractivity contribution in [2.75, 3.05) is 5.43 Å². The van der Waals surface area contributed by atoms with Gasteiger partial charge in [0.1, 0.15) is 5.82 Å². The molecule has 0 unspecified atom stereocenters. The van der Waals surface area contributed by atoms with Crippen LogP contribution in [0, 0.1) is 5.82 Å². The highest BCUT2D eigenvalue weighted by molar-refractivity contribution is 6.31. The number of nitrogens with zero attached hydrogens (tertiary/aromatic N) is 3. The zero-order valence-electron chi connectivity index (χ0n) is 10.6. The normalized spacial score (nSPS) is 13.9. The highest BCUT2D eigenvalue weighted by Gasteiger charge is 2.19. The standard InChI is InChI=1S/C13H12ClFN4O/c14-8-5-6-10(15)9(7-8)13(20)17-19-12-4-2-1-3-11(12)16-18-19/h5-7H,1-4H2,(H,17,20). The van der Waals surface area contributed by atoms with Crippen LogP contribution in [0.5, 0.6) is 0 Å². The largest absolute Gasteiger partial charge is 0.274 e. The van der Waals surface area contributed by atoms with Gasteiger partial charge in [0.15, 0.2) is 0 Å². The summed E-state index contributed by atoms with van der Waals surface area (Å²) in [6.45, 7) is 0. The molecule has 104 valence electrons. The molecule has 1 aliphatic rings. The molecule has 0 aliphatic heterocycles. The lowest BCUT2D eigenvalue weighted by Gasteiger charge is -2.12. The van der Waals surface area contributed by atoms with Crippen LogP contribution in [0.3, 0.4) is 0 Å². The summed E-state index contributed by atoms with van der Waals surface area (Å²) in [6, 6.07) is 3.84. The first kappa shape index (κ1) is 13.1. The third kappa shape index (κ3) is 2.38. The molecule has 2 aromatic rings. The van der Waals surface area contributed by atoms with E-state index in [1.54, 1.807) is 0 Å². The van der Waals surface area contributed by atoms with Crippen LogP contribution in [0.4, 0.5) is 4.39 Å². The third-order valence-corrected chi connectivity index (χ3v) is 3.54. The number of aromatic nitrogens is 3. The Hall–Kier alpha value is -1.95. The lowest BCUT2D eigenvalue weighted by Crippen LogP contribution is -2.27. The maximum atomic E-state index is 13.6. The number of carbonyl (C=O) groups is 1. The van der Waals surface area contributed by atoms with Crippen molar-refractivity contribution in [2.24, 2.45) is 0 Å². The molecule has 1 aliphatic carbocycles. The predicted octanol–water partition coefficient (Wildman–Crippen LogP) is 2.33. The second-order valence-corrected chi connectivity index (χ2v) is 5.10. The summed E-state index contributed by atoms with van der Waals surface area (Å²) in [5.41, 5.74) is 4.20. The molecule has 7 heteroatoms. The summed E-state index contributed by atoms with van der Waals surface area (Å²) in [6.07, 6.45) is 3.77. The highest BCUT2D eigenvalue weighted by atomic mass is 35.5. The number of hydrogen-bond donors (Lipinski definition) is 1. The van der Waals surface area contributed by atoms with Crippen LogP contribution < -0.4 is 5.43 Å². The van der Waals surface area contributed by atoms with E-state index >= 15 is 0 Å². The van der Waals surface area contributed by atoms with Crippen molar-refractivity contribution >= 4 is 17.5 Å². The van der Waals surface area contributed by atoms with Crippen LogP contribution >= 0.6 is 11.6 Å². The maximum absolute atomic E-state index is 13.6. The molecule has 0 bridgehead atoms. The summed E-state index contributed by atoms with van der Waals surface area (Å²) >= 11 is 5.78. The zero-order chi connectivity index (χ0) is 14.1. The summed E-state index contributed by atoms with van der Waals surface area (Å²) in [7, 11) is 0. The minimum Gasteiger partial charge on any atom is -0.267 e. The van der Waals surface area contributed by atoms with Gasteiger partial charge >= 0.3 is 0 Å². The van der Waals surface area contributed by atoms with E-state index in [0.717, 1.165) is 43.1 Å². The molecule has 1 aromatic carbocycles. The molecule has 3 rings (SSSR count). The van der Waals surface area contributed by atoms with Crippen LogP contribution in [0.1, 0.15) is 34.6 Å². The molecule has 1 amide bonds. The number of nitrogens with one attached hydrogen (secondary N) is 1. The molecule has 1 N–H and O–H groups in total. The van der Waals surface area contributed by atoms with Gasteiger partial charge in [-0.05, 0) is 49.1 Å². The van der Waals surface area contributed by atoms with Gasteiger partial charge in [-0.2, -0.15) is 4.79 Å². The van der Waals surface area contributed by atoms with Crippen LogP contribution in [0.15, 0.2) is 18.2 Å². The number of rotatable bonds is 2. The Morgan fingerprint density at radius 2 is 2.15 bits per heavy atom. The van der Waals surface area contributed by atoms with E-state index in [1.165, 1.54) is 16.9 Å². The van der Waals surface area contributed by atoms with Gasteiger partial charge < -0.3 is 0 Å². The summed E-state index contributed by atoms with van der Waals surface area (Å²) < 4.78 is 13.6. The average molecular weight is 295 g/mol. The molecule has 1 aromatic heterocycles. The van der Waals surface area contributed by atoms with Crippen molar-refractivity contribution in [1.82, 2.24) is 15.1 Å². The number of amides is 1. The second kappa shape index (κ2) is 5.20. The zero-order valence-corrected chi connectivity index (χ0v) is 11.3. The van der Waals surface area contributed by atoms with Crippen molar-refractivity contribution in [2.45, 2.75) is 25.7 Å². The Balaban J connectivity index is 1.86. The summed E-state index contributed by atoms with van der Waals surface area (Å²) in [5, 5.41) is 8.22. The van der Waals surface area contributed by atoms with E-state index in [2.05, 4.69) is 15.7 Å². The number of halogens is 2. The van der Waals surface area contributed by atoms with Gasteiger partial charge in [-0.3, -0.25) is 4.79 Å². The third-order valence-electron chi connectivity index (χ3n) is 3.30. The SMILES string of the molecule is O=C(Nn1nnc2c1CCCC2)c1cc(Cl)ccc1F. The van der Waals surface area contributed by atoms with Crippen LogP contribution in [-0.2, 0) is 12.8 Å². The maximum Gasteiger partial charge on any atom is 0.274 e. The van der Waals surface area contributed by atoms with Crippen LogP contribution in [0.25, 0.3) is 0 Å². The molecular formula is C13H12ClFN4O. The van der Waals surface area contributed by atoms with E-state index in [1.807, 2.05) is 0 Å².